The summed E-state index contributed by atoms with van der Waals surface area (Å²) in [7, 11) is -3.20. The lowest BCUT2D eigenvalue weighted by atomic mass is 9.79. The topological polar surface area (TPSA) is 130 Å². The second-order valence-electron chi connectivity index (χ2n) is 9.39. The van der Waals surface area contributed by atoms with Crippen molar-refractivity contribution in [3.05, 3.63) is 47.5 Å². The normalized spacial score (nSPS) is 17.4. The zero-order chi connectivity index (χ0) is 27.7. The minimum absolute atomic E-state index is 0.0787. The summed E-state index contributed by atoms with van der Waals surface area (Å²) in [5, 5.41) is 4.64. The number of likely N-dealkylation sites (tertiary alicyclic amines) is 1. The maximum absolute atomic E-state index is 15.2. The van der Waals surface area contributed by atoms with E-state index in [2.05, 4.69) is 15.4 Å². The molecule has 0 spiro atoms. The third kappa shape index (κ3) is 5.96. The third-order valence-electron chi connectivity index (χ3n) is 6.12. The van der Waals surface area contributed by atoms with Gasteiger partial charge in [0.15, 0.2) is 17.5 Å². The van der Waals surface area contributed by atoms with Crippen LogP contribution < -0.4 is 15.4 Å². The molecule has 0 bridgehead atoms. The van der Waals surface area contributed by atoms with Crippen molar-refractivity contribution in [3.63, 3.8) is 0 Å². The van der Waals surface area contributed by atoms with Crippen molar-refractivity contribution in [2.75, 3.05) is 25.0 Å². The van der Waals surface area contributed by atoms with Gasteiger partial charge >= 0.3 is 11.8 Å². The molecule has 3 rings (SSSR count). The van der Waals surface area contributed by atoms with Gasteiger partial charge in [0.2, 0.25) is 10.0 Å². The lowest BCUT2D eigenvalue weighted by molar-refractivity contribution is -0.148. The number of piperidine rings is 1. The molecule has 1 aliphatic rings. The maximum Gasteiger partial charge on any atom is 0.311 e. The van der Waals surface area contributed by atoms with Crippen molar-refractivity contribution in [2.45, 2.75) is 38.1 Å². The number of rotatable bonds is 6. The predicted molar refractivity (Wildman–Crippen MR) is 127 cm³/mol. The highest BCUT2D eigenvalue weighted by Crippen LogP contribution is 2.31. The molecule has 0 radical (unpaired) electrons. The standard InChI is InChI=1S/C23H28F3N5O5S/c1-5-27-21(33)22(34)31-9-8-17(23(2,3)12-31)29-37(35,36)16-11-30(4)19(18(16)26)20(32)28-13-6-7-14(24)15(25)10-13/h6-7,10-11,17,29H,5,8-9,12H2,1-4H3,(H,27,33)(H,28,32)/t17-/m1/s1. The van der Waals surface area contributed by atoms with E-state index < -0.39 is 67.2 Å². The number of likely N-dealkylation sites (N-methyl/N-ethyl adjacent to an activating group) is 1. The molecule has 3 amide bonds. The Balaban J connectivity index is 1.78. The lowest BCUT2D eigenvalue weighted by Gasteiger charge is -2.44. The Morgan fingerprint density at radius 1 is 1.14 bits per heavy atom. The van der Waals surface area contributed by atoms with Crippen LogP contribution in [-0.2, 0) is 26.7 Å². The molecule has 2 aromatic rings. The van der Waals surface area contributed by atoms with Gasteiger partial charge in [-0.25, -0.2) is 26.3 Å². The minimum atomic E-state index is -4.46. The summed E-state index contributed by atoms with van der Waals surface area (Å²) in [5.74, 6) is -6.22. The molecule has 10 nitrogen and oxygen atoms in total. The highest BCUT2D eigenvalue weighted by Gasteiger charge is 2.42. The smallest absolute Gasteiger partial charge is 0.311 e. The summed E-state index contributed by atoms with van der Waals surface area (Å²) >= 11 is 0. The Kier molecular flexibility index (Phi) is 8.03. The van der Waals surface area contributed by atoms with Crippen LogP contribution in [0, 0.1) is 22.9 Å². The summed E-state index contributed by atoms with van der Waals surface area (Å²) in [6.07, 6.45) is 1.09. The first-order valence-corrected chi connectivity index (χ1v) is 12.9. The zero-order valence-corrected chi connectivity index (χ0v) is 21.5. The Labute approximate surface area is 212 Å². The van der Waals surface area contributed by atoms with Gasteiger partial charge in [-0.15, -0.1) is 0 Å². The number of aryl methyl sites for hydroxylation is 1. The van der Waals surface area contributed by atoms with Crippen LogP contribution in [0.1, 0.15) is 37.7 Å². The molecule has 0 saturated carbocycles. The second-order valence-corrected chi connectivity index (χ2v) is 11.1. The number of hydrogen-bond acceptors (Lipinski definition) is 5. The summed E-state index contributed by atoms with van der Waals surface area (Å²) in [6, 6.07) is 1.85. The Hall–Kier alpha value is -3.39. The Morgan fingerprint density at radius 2 is 1.81 bits per heavy atom. The van der Waals surface area contributed by atoms with Gasteiger partial charge in [0.05, 0.1) is 0 Å². The molecule has 2 heterocycles. The van der Waals surface area contributed by atoms with Crippen molar-refractivity contribution in [2.24, 2.45) is 12.5 Å². The fourth-order valence-electron chi connectivity index (χ4n) is 4.16. The highest BCUT2D eigenvalue weighted by molar-refractivity contribution is 7.89. The zero-order valence-electron chi connectivity index (χ0n) is 20.7. The monoisotopic (exact) mass is 543 g/mol. The number of aromatic nitrogens is 1. The van der Waals surface area contributed by atoms with Gasteiger partial charge in [-0.2, -0.15) is 0 Å². The van der Waals surface area contributed by atoms with Gasteiger partial charge in [-0.3, -0.25) is 14.4 Å². The first kappa shape index (κ1) is 28.2. The van der Waals surface area contributed by atoms with Gasteiger partial charge in [-0.1, -0.05) is 13.8 Å². The average molecular weight is 544 g/mol. The lowest BCUT2D eigenvalue weighted by Crippen LogP contribution is -2.58. The third-order valence-corrected chi connectivity index (χ3v) is 7.57. The molecule has 0 aliphatic carbocycles. The molecule has 1 saturated heterocycles. The van der Waals surface area contributed by atoms with Crippen LogP contribution >= 0.6 is 0 Å². The minimum Gasteiger partial charge on any atom is -0.348 e. The number of carbonyl (C=O) groups is 3. The number of benzene rings is 1. The SMILES string of the molecule is CCNC(=O)C(=O)N1CC[C@@H](NS(=O)(=O)c2cn(C)c(C(=O)Nc3ccc(F)c(F)c3)c2F)C(C)(C)C1. The van der Waals surface area contributed by atoms with Crippen molar-refractivity contribution >= 4 is 33.4 Å². The number of sulfonamides is 1. The molecule has 14 heteroatoms. The largest absolute Gasteiger partial charge is 0.348 e. The van der Waals surface area contributed by atoms with Gasteiger partial charge in [0.25, 0.3) is 5.91 Å². The van der Waals surface area contributed by atoms with Crippen LogP contribution in [0.4, 0.5) is 18.9 Å². The van der Waals surface area contributed by atoms with E-state index in [-0.39, 0.29) is 31.7 Å². The predicted octanol–water partition coefficient (Wildman–Crippen LogP) is 1.74. The number of carbonyl (C=O) groups excluding carboxylic acids is 3. The molecule has 0 unspecified atom stereocenters. The molecule has 37 heavy (non-hydrogen) atoms. The van der Waals surface area contributed by atoms with E-state index in [4.69, 9.17) is 0 Å². The maximum atomic E-state index is 15.2. The van der Waals surface area contributed by atoms with E-state index in [1.165, 1.54) is 11.9 Å². The van der Waals surface area contributed by atoms with Crippen molar-refractivity contribution < 1.29 is 36.0 Å². The van der Waals surface area contributed by atoms with Crippen LogP contribution in [0.5, 0.6) is 0 Å². The van der Waals surface area contributed by atoms with E-state index in [9.17, 15) is 31.6 Å². The first-order valence-electron chi connectivity index (χ1n) is 11.4. The summed E-state index contributed by atoms with van der Waals surface area (Å²) in [6.45, 7) is 5.56. The van der Waals surface area contributed by atoms with Crippen LogP contribution in [-0.4, -0.2) is 61.3 Å². The number of amides is 3. The van der Waals surface area contributed by atoms with E-state index >= 15 is 4.39 Å². The van der Waals surface area contributed by atoms with E-state index in [0.29, 0.717) is 6.07 Å². The summed E-state index contributed by atoms with van der Waals surface area (Å²) in [5.41, 5.74) is -1.60. The molecule has 1 aliphatic heterocycles. The average Bonchev–Trinajstić information content (AvgIpc) is 3.11. The summed E-state index contributed by atoms with van der Waals surface area (Å²) in [4.78, 5) is 37.4. The van der Waals surface area contributed by atoms with Gasteiger partial charge < -0.3 is 20.1 Å². The summed E-state index contributed by atoms with van der Waals surface area (Å²) < 4.78 is 71.5. The van der Waals surface area contributed by atoms with E-state index in [1.807, 2.05) is 0 Å². The molecule has 3 N–H and O–H groups in total. The first-order chi connectivity index (χ1) is 17.2. The number of nitrogens with one attached hydrogen (secondary N) is 3. The Bertz CT molecular complexity index is 1340. The van der Waals surface area contributed by atoms with Crippen molar-refractivity contribution in [1.29, 1.82) is 0 Å². The van der Waals surface area contributed by atoms with Crippen LogP contribution in [0.15, 0.2) is 29.3 Å². The molecule has 1 fully saturated rings. The van der Waals surface area contributed by atoms with E-state index in [1.54, 1.807) is 20.8 Å². The van der Waals surface area contributed by atoms with Crippen LogP contribution in [0.3, 0.4) is 0 Å². The fraction of sp³-hybridized carbons (Fsp3) is 0.435. The van der Waals surface area contributed by atoms with Gasteiger partial charge in [0.1, 0.15) is 10.6 Å². The Morgan fingerprint density at radius 3 is 2.41 bits per heavy atom. The number of anilines is 1. The molecule has 1 atom stereocenters. The second kappa shape index (κ2) is 10.5. The fourth-order valence-corrected chi connectivity index (χ4v) is 5.73. The van der Waals surface area contributed by atoms with Crippen molar-refractivity contribution in [3.8, 4) is 0 Å². The van der Waals surface area contributed by atoms with Gasteiger partial charge in [0, 0.05) is 50.7 Å². The van der Waals surface area contributed by atoms with Crippen molar-refractivity contribution in [1.82, 2.24) is 19.5 Å². The van der Waals surface area contributed by atoms with Gasteiger partial charge in [-0.05, 0) is 30.9 Å². The molecular weight excluding hydrogens is 515 g/mol. The molecule has 1 aromatic carbocycles. The highest BCUT2D eigenvalue weighted by atomic mass is 32.2. The number of nitrogens with zero attached hydrogens (tertiary/aromatic N) is 2. The van der Waals surface area contributed by atoms with Crippen LogP contribution in [0.25, 0.3) is 0 Å². The van der Waals surface area contributed by atoms with Crippen LogP contribution in [0.2, 0.25) is 0 Å². The molecule has 1 aromatic heterocycles. The number of halogens is 3. The van der Waals surface area contributed by atoms with E-state index in [0.717, 1.165) is 22.9 Å². The number of hydrogen-bond donors (Lipinski definition) is 3. The quantitative estimate of drug-likeness (QED) is 0.478. The molecule has 202 valence electrons. The molecular formula is C23H28F3N5O5S.